The van der Waals surface area contributed by atoms with Crippen molar-refractivity contribution in [3.05, 3.63) is 64.5 Å². The monoisotopic (exact) mass is 515 g/mol. The van der Waals surface area contributed by atoms with Crippen LogP contribution in [0.3, 0.4) is 0 Å². The molecule has 1 saturated carbocycles. The quantitative estimate of drug-likeness (QED) is 0.421. The number of primary amides is 1. The van der Waals surface area contributed by atoms with Gasteiger partial charge in [-0.1, -0.05) is 37.0 Å². The minimum absolute atomic E-state index is 0.0683. The largest absolute Gasteiger partial charge is 0.394 e. The molecule has 0 bridgehead atoms. The summed E-state index contributed by atoms with van der Waals surface area (Å²) in [6, 6.07) is 10.2. The molecular formula is C25H27Cl2N5O3. The van der Waals surface area contributed by atoms with Crippen molar-refractivity contribution in [3.63, 3.8) is 0 Å². The third kappa shape index (κ3) is 5.05. The summed E-state index contributed by atoms with van der Waals surface area (Å²) in [6.07, 6.45) is 4.45. The zero-order valence-corrected chi connectivity index (χ0v) is 20.9. The first kappa shape index (κ1) is 25.2. The van der Waals surface area contributed by atoms with Gasteiger partial charge in [0, 0.05) is 36.0 Å². The van der Waals surface area contributed by atoms with Gasteiger partial charge < -0.3 is 16.2 Å². The van der Waals surface area contributed by atoms with Gasteiger partial charge in [0.25, 0.3) is 0 Å². The van der Waals surface area contributed by atoms with Crippen molar-refractivity contribution >= 4 is 35.0 Å². The topological polar surface area (TPSA) is 123 Å². The lowest BCUT2D eigenvalue weighted by Gasteiger charge is -2.52. The van der Waals surface area contributed by atoms with Crippen LogP contribution in [0.4, 0.5) is 0 Å². The van der Waals surface area contributed by atoms with Crippen molar-refractivity contribution in [2.75, 3.05) is 6.61 Å². The number of pyridine rings is 1. The summed E-state index contributed by atoms with van der Waals surface area (Å²) in [5, 5.41) is 17.5. The van der Waals surface area contributed by atoms with Crippen molar-refractivity contribution in [2.24, 2.45) is 17.1 Å². The van der Waals surface area contributed by atoms with Gasteiger partial charge in [-0.05, 0) is 54.2 Å². The van der Waals surface area contributed by atoms with Gasteiger partial charge in [0.15, 0.2) is 0 Å². The molecule has 2 amide bonds. The summed E-state index contributed by atoms with van der Waals surface area (Å²) in [6.45, 7) is 3.71. The summed E-state index contributed by atoms with van der Waals surface area (Å²) in [5.41, 5.74) is 8.44. The van der Waals surface area contributed by atoms with Crippen molar-refractivity contribution in [2.45, 2.75) is 38.6 Å². The third-order valence-corrected chi connectivity index (χ3v) is 7.70. The van der Waals surface area contributed by atoms with E-state index in [9.17, 15) is 14.7 Å². The molecule has 184 valence electrons. The van der Waals surface area contributed by atoms with Gasteiger partial charge in [0.2, 0.25) is 11.8 Å². The molecule has 3 atom stereocenters. The molecule has 0 unspecified atom stereocenters. The number of aliphatic hydroxyl groups is 1. The number of carbonyl (C=O) groups is 2. The molecule has 35 heavy (non-hydrogen) atoms. The molecule has 0 spiro atoms. The summed E-state index contributed by atoms with van der Waals surface area (Å²) < 4.78 is 1.88. The second-order valence-electron chi connectivity index (χ2n) is 9.42. The molecule has 1 aliphatic carbocycles. The van der Waals surface area contributed by atoms with Crippen LogP contribution in [0.25, 0.3) is 16.9 Å². The number of rotatable bonds is 8. The van der Waals surface area contributed by atoms with E-state index in [-0.39, 0.29) is 29.6 Å². The molecule has 4 rings (SSSR count). The standard InChI is InChI=1S/C25H27Cl2N5O3/c1-25(2)15(9-23(34)30-21(13-33)24(28)35)8-17(25)22-11-20(14-4-3-7-29-12-14)31-32(22)16-5-6-18(26)19(27)10-16/h3-7,10-12,15,17,21,33H,8-9,13H2,1-2H3,(H2,28,35)(H,30,34)/t15-,17-,21+/m1/s1. The third-order valence-electron chi connectivity index (χ3n) is 6.96. The van der Waals surface area contributed by atoms with Crippen LogP contribution in [0, 0.1) is 11.3 Å². The van der Waals surface area contributed by atoms with Crippen LogP contribution in [0.2, 0.25) is 10.0 Å². The number of carbonyl (C=O) groups excluding carboxylic acids is 2. The molecule has 4 N–H and O–H groups in total. The first-order valence-corrected chi connectivity index (χ1v) is 12.0. The van der Waals surface area contributed by atoms with Gasteiger partial charge in [0.05, 0.1) is 28.0 Å². The molecule has 1 aromatic carbocycles. The lowest BCUT2D eigenvalue weighted by Crippen LogP contribution is -2.50. The van der Waals surface area contributed by atoms with Gasteiger partial charge in [-0.25, -0.2) is 4.68 Å². The highest BCUT2D eigenvalue weighted by atomic mass is 35.5. The number of hydrogen-bond donors (Lipinski definition) is 3. The minimum atomic E-state index is -1.08. The molecule has 1 fully saturated rings. The number of benzene rings is 1. The summed E-state index contributed by atoms with van der Waals surface area (Å²) in [7, 11) is 0. The second-order valence-corrected chi connectivity index (χ2v) is 10.2. The molecule has 1 aliphatic rings. The van der Waals surface area contributed by atoms with Crippen LogP contribution < -0.4 is 11.1 Å². The Balaban J connectivity index is 1.62. The molecule has 10 heteroatoms. The number of halogens is 2. The smallest absolute Gasteiger partial charge is 0.242 e. The van der Waals surface area contributed by atoms with Crippen molar-refractivity contribution in [3.8, 4) is 16.9 Å². The summed E-state index contributed by atoms with van der Waals surface area (Å²) in [5.74, 6) is -0.898. The van der Waals surface area contributed by atoms with Crippen molar-refractivity contribution < 1.29 is 14.7 Å². The molecule has 0 saturated heterocycles. The van der Waals surface area contributed by atoms with Crippen LogP contribution in [0.5, 0.6) is 0 Å². The number of amides is 2. The maximum atomic E-state index is 12.5. The van der Waals surface area contributed by atoms with E-state index in [0.717, 1.165) is 29.1 Å². The van der Waals surface area contributed by atoms with E-state index in [1.54, 1.807) is 24.5 Å². The highest BCUT2D eigenvalue weighted by Gasteiger charge is 2.50. The van der Waals surface area contributed by atoms with Gasteiger partial charge in [-0.15, -0.1) is 0 Å². The first-order valence-electron chi connectivity index (χ1n) is 11.3. The van der Waals surface area contributed by atoms with Crippen LogP contribution in [-0.4, -0.2) is 44.3 Å². The van der Waals surface area contributed by atoms with E-state index in [0.29, 0.717) is 10.0 Å². The van der Waals surface area contributed by atoms with E-state index in [1.165, 1.54) is 0 Å². The zero-order chi connectivity index (χ0) is 25.3. The SMILES string of the molecule is CC1(C)[C@@H](CC(=O)N[C@@H](CO)C(N)=O)C[C@@H]1c1cc(-c2cccnc2)nn1-c1ccc(Cl)c(Cl)c1. The fraction of sp³-hybridized carbons (Fsp3) is 0.360. The van der Waals surface area contributed by atoms with Crippen LogP contribution in [0.1, 0.15) is 38.3 Å². The Morgan fingerprint density at radius 1 is 1.26 bits per heavy atom. The molecule has 2 heterocycles. The highest BCUT2D eigenvalue weighted by Crippen LogP contribution is 2.58. The van der Waals surface area contributed by atoms with Gasteiger partial charge in [-0.2, -0.15) is 5.10 Å². The Labute approximate surface area is 213 Å². The molecule has 0 aliphatic heterocycles. The van der Waals surface area contributed by atoms with E-state index in [2.05, 4.69) is 30.2 Å². The fourth-order valence-electron chi connectivity index (χ4n) is 4.67. The normalized spacial score (nSPS) is 19.6. The number of nitrogens with one attached hydrogen (secondary N) is 1. The van der Waals surface area contributed by atoms with E-state index in [1.807, 2.05) is 22.9 Å². The number of aromatic nitrogens is 3. The average Bonchev–Trinajstić information content (AvgIpc) is 3.26. The lowest BCUT2D eigenvalue weighted by molar-refractivity contribution is -0.130. The maximum absolute atomic E-state index is 12.5. The van der Waals surface area contributed by atoms with Crippen molar-refractivity contribution in [1.82, 2.24) is 20.1 Å². The molecule has 0 radical (unpaired) electrons. The number of nitrogens with zero attached hydrogens (tertiary/aromatic N) is 3. The Hall–Kier alpha value is -2.94. The predicted octanol–water partition coefficient (Wildman–Crippen LogP) is 3.72. The second kappa shape index (κ2) is 9.97. The molecular weight excluding hydrogens is 489 g/mol. The van der Waals surface area contributed by atoms with Gasteiger partial charge >= 0.3 is 0 Å². The van der Waals surface area contributed by atoms with Crippen molar-refractivity contribution in [1.29, 1.82) is 0 Å². The van der Waals surface area contributed by atoms with Gasteiger partial charge in [-0.3, -0.25) is 14.6 Å². The highest BCUT2D eigenvalue weighted by molar-refractivity contribution is 6.42. The average molecular weight is 516 g/mol. The lowest BCUT2D eigenvalue weighted by atomic mass is 9.52. The summed E-state index contributed by atoms with van der Waals surface area (Å²) >= 11 is 12.4. The molecule has 8 nitrogen and oxygen atoms in total. The van der Waals surface area contributed by atoms with E-state index >= 15 is 0 Å². The number of aliphatic hydroxyl groups excluding tert-OH is 1. The van der Waals surface area contributed by atoms with E-state index in [4.69, 9.17) is 34.0 Å². The Morgan fingerprint density at radius 3 is 2.63 bits per heavy atom. The minimum Gasteiger partial charge on any atom is -0.394 e. The first-order chi connectivity index (χ1) is 16.6. The van der Waals surface area contributed by atoms with Crippen LogP contribution >= 0.6 is 23.2 Å². The van der Waals surface area contributed by atoms with Gasteiger partial charge in [0.1, 0.15) is 6.04 Å². The van der Waals surface area contributed by atoms with Crippen LogP contribution in [-0.2, 0) is 9.59 Å². The number of nitrogens with two attached hydrogens (primary N) is 1. The zero-order valence-electron chi connectivity index (χ0n) is 19.4. The predicted molar refractivity (Wildman–Crippen MR) is 134 cm³/mol. The summed E-state index contributed by atoms with van der Waals surface area (Å²) in [4.78, 5) is 28.1. The van der Waals surface area contributed by atoms with Crippen LogP contribution in [0.15, 0.2) is 48.8 Å². The Kier molecular flexibility index (Phi) is 7.17. The Morgan fingerprint density at radius 2 is 2.03 bits per heavy atom. The molecule has 3 aromatic rings. The molecule has 2 aromatic heterocycles. The Bertz CT molecular complexity index is 1250. The maximum Gasteiger partial charge on any atom is 0.242 e. The fourth-order valence-corrected chi connectivity index (χ4v) is 4.96. The number of hydrogen-bond acceptors (Lipinski definition) is 5. The van der Waals surface area contributed by atoms with E-state index < -0.39 is 18.6 Å².